The van der Waals surface area contributed by atoms with Crippen LogP contribution in [0.15, 0.2) is 67.1 Å². The molecule has 4 rings (SSSR count). The molecule has 33 heavy (non-hydrogen) atoms. The number of nitrogens with one attached hydrogen (secondary N) is 1. The van der Waals surface area contributed by atoms with Crippen molar-refractivity contribution < 1.29 is 18.0 Å². The molecule has 10 heteroatoms. The lowest BCUT2D eigenvalue weighted by Crippen LogP contribution is -2.24. The summed E-state index contributed by atoms with van der Waals surface area (Å²) in [5.41, 5.74) is 1.56. The van der Waals surface area contributed by atoms with Crippen molar-refractivity contribution in [1.29, 1.82) is 0 Å². The normalized spacial score (nSPS) is 11.4. The Morgan fingerprint density at radius 1 is 1.09 bits per heavy atom. The highest BCUT2D eigenvalue weighted by Gasteiger charge is 2.31. The number of pyridine rings is 2. The molecule has 0 saturated heterocycles. The summed E-state index contributed by atoms with van der Waals surface area (Å²) in [6, 6.07) is 13.6. The Labute approximate surface area is 192 Å². The fraction of sp³-hybridized carbons (Fsp3) is 0.130. The van der Waals surface area contributed by atoms with E-state index in [1.807, 2.05) is 43.3 Å². The molecule has 0 aliphatic heterocycles. The third kappa shape index (κ3) is 5.04. The molecule has 0 atom stereocenters. The van der Waals surface area contributed by atoms with E-state index in [0.717, 1.165) is 17.2 Å². The second kappa shape index (κ2) is 9.03. The predicted octanol–water partition coefficient (Wildman–Crippen LogP) is 5.24. The summed E-state index contributed by atoms with van der Waals surface area (Å²) < 4.78 is 40.0. The van der Waals surface area contributed by atoms with Crippen LogP contribution >= 0.6 is 11.6 Å². The highest BCUT2D eigenvalue weighted by atomic mass is 35.5. The largest absolute Gasteiger partial charge is 0.417 e. The van der Waals surface area contributed by atoms with Crippen molar-refractivity contribution in [1.82, 2.24) is 25.1 Å². The van der Waals surface area contributed by atoms with Crippen LogP contribution < -0.4 is 5.32 Å². The van der Waals surface area contributed by atoms with Crippen LogP contribution in [-0.2, 0) is 12.7 Å². The first kappa shape index (κ1) is 22.5. The summed E-state index contributed by atoms with van der Waals surface area (Å²) in [6.07, 6.45) is -0.625. The molecule has 0 spiro atoms. The number of carbonyl (C=O) groups is 1. The zero-order valence-electron chi connectivity index (χ0n) is 17.3. The van der Waals surface area contributed by atoms with Crippen LogP contribution in [0.3, 0.4) is 0 Å². The Morgan fingerprint density at radius 3 is 2.48 bits per heavy atom. The minimum atomic E-state index is -4.55. The SMILES string of the molecule is Cc1ccc(-n2cc(C(=O)NCc3ncc(C(F)(F)F)cc3Cl)c(-c3ccccc3)n2)nc1. The molecule has 0 aliphatic carbocycles. The number of halogens is 4. The van der Waals surface area contributed by atoms with E-state index in [-0.39, 0.29) is 22.8 Å². The van der Waals surface area contributed by atoms with Gasteiger partial charge in [0.2, 0.25) is 0 Å². The van der Waals surface area contributed by atoms with Gasteiger partial charge in [0, 0.05) is 24.2 Å². The molecule has 0 saturated carbocycles. The van der Waals surface area contributed by atoms with Crippen LogP contribution in [0, 0.1) is 6.92 Å². The van der Waals surface area contributed by atoms with Gasteiger partial charge in [-0.05, 0) is 24.6 Å². The average molecular weight is 472 g/mol. The maximum Gasteiger partial charge on any atom is 0.417 e. The first-order chi connectivity index (χ1) is 15.7. The summed E-state index contributed by atoms with van der Waals surface area (Å²) in [5, 5.41) is 7.01. The molecule has 0 aliphatic rings. The maximum atomic E-state index is 13.0. The fourth-order valence-electron chi connectivity index (χ4n) is 3.07. The van der Waals surface area contributed by atoms with Crippen LogP contribution in [0.5, 0.6) is 0 Å². The van der Waals surface area contributed by atoms with Crippen LogP contribution in [0.2, 0.25) is 5.02 Å². The number of nitrogens with zero attached hydrogens (tertiary/aromatic N) is 4. The molecule has 0 radical (unpaired) electrons. The Balaban J connectivity index is 1.62. The van der Waals surface area contributed by atoms with E-state index in [9.17, 15) is 18.0 Å². The molecule has 3 aromatic heterocycles. The van der Waals surface area contributed by atoms with E-state index in [1.54, 1.807) is 18.5 Å². The fourth-order valence-corrected chi connectivity index (χ4v) is 3.31. The van der Waals surface area contributed by atoms with Crippen LogP contribution in [-0.4, -0.2) is 25.7 Å². The van der Waals surface area contributed by atoms with Crippen molar-refractivity contribution in [3.8, 4) is 17.1 Å². The minimum absolute atomic E-state index is 0.117. The number of aromatic nitrogens is 4. The van der Waals surface area contributed by atoms with Gasteiger partial charge in [0.05, 0.1) is 28.4 Å². The highest BCUT2D eigenvalue weighted by Crippen LogP contribution is 2.31. The quantitative estimate of drug-likeness (QED) is 0.432. The van der Waals surface area contributed by atoms with Gasteiger partial charge in [-0.2, -0.15) is 18.3 Å². The van der Waals surface area contributed by atoms with Gasteiger partial charge in [-0.15, -0.1) is 0 Å². The third-order valence-electron chi connectivity index (χ3n) is 4.80. The number of carbonyl (C=O) groups excluding carboxylic acids is 1. The van der Waals surface area contributed by atoms with Gasteiger partial charge in [-0.1, -0.05) is 48.0 Å². The summed E-state index contributed by atoms with van der Waals surface area (Å²) in [6.45, 7) is 1.76. The lowest BCUT2D eigenvalue weighted by atomic mass is 10.1. The molecule has 0 fully saturated rings. The summed E-state index contributed by atoms with van der Waals surface area (Å²) in [7, 11) is 0. The number of benzene rings is 1. The van der Waals surface area contributed by atoms with Crippen LogP contribution in [0.1, 0.15) is 27.2 Å². The molecule has 3 heterocycles. The van der Waals surface area contributed by atoms with Crippen molar-refractivity contribution in [2.75, 3.05) is 0 Å². The smallest absolute Gasteiger partial charge is 0.346 e. The average Bonchev–Trinajstić information content (AvgIpc) is 3.24. The number of alkyl halides is 3. The molecule has 4 aromatic rings. The van der Waals surface area contributed by atoms with Crippen molar-refractivity contribution in [3.05, 3.63) is 94.5 Å². The molecular formula is C23H17ClF3N5O. The minimum Gasteiger partial charge on any atom is -0.346 e. The predicted molar refractivity (Wildman–Crippen MR) is 117 cm³/mol. The van der Waals surface area contributed by atoms with E-state index in [1.165, 1.54) is 4.68 Å². The van der Waals surface area contributed by atoms with E-state index < -0.39 is 17.6 Å². The van der Waals surface area contributed by atoms with Gasteiger partial charge < -0.3 is 5.32 Å². The number of hydrogen-bond donors (Lipinski definition) is 1. The standard InChI is InChI=1S/C23H17ClF3N5O/c1-14-7-8-20(29-10-14)32-13-17(21(31-32)15-5-3-2-4-6-15)22(33)30-12-19-18(24)9-16(11-28-19)23(25,26)27/h2-11,13H,12H2,1H3,(H,30,33). The number of rotatable bonds is 5. The van der Waals surface area contributed by atoms with Gasteiger partial charge in [-0.25, -0.2) is 9.67 Å². The van der Waals surface area contributed by atoms with Gasteiger partial charge in [-0.3, -0.25) is 9.78 Å². The topological polar surface area (TPSA) is 72.7 Å². The lowest BCUT2D eigenvalue weighted by molar-refractivity contribution is -0.137. The van der Waals surface area contributed by atoms with Crippen molar-refractivity contribution >= 4 is 17.5 Å². The molecule has 0 bridgehead atoms. The number of amides is 1. The first-order valence-corrected chi connectivity index (χ1v) is 10.2. The Hall–Kier alpha value is -3.72. The Morgan fingerprint density at radius 2 is 1.85 bits per heavy atom. The van der Waals surface area contributed by atoms with Crippen molar-refractivity contribution in [2.24, 2.45) is 0 Å². The van der Waals surface area contributed by atoms with Crippen molar-refractivity contribution in [2.45, 2.75) is 19.6 Å². The maximum absolute atomic E-state index is 13.0. The van der Waals surface area contributed by atoms with E-state index in [4.69, 9.17) is 11.6 Å². The molecule has 1 N–H and O–H groups in total. The summed E-state index contributed by atoms with van der Waals surface area (Å²) in [4.78, 5) is 21.1. The summed E-state index contributed by atoms with van der Waals surface area (Å²) >= 11 is 5.95. The Bertz CT molecular complexity index is 1290. The monoisotopic (exact) mass is 471 g/mol. The molecule has 1 aromatic carbocycles. The van der Waals surface area contributed by atoms with E-state index >= 15 is 0 Å². The highest BCUT2D eigenvalue weighted by molar-refractivity contribution is 6.31. The van der Waals surface area contributed by atoms with Crippen LogP contribution in [0.25, 0.3) is 17.1 Å². The molecule has 1 amide bonds. The first-order valence-electron chi connectivity index (χ1n) is 9.80. The van der Waals surface area contributed by atoms with Gasteiger partial charge in [0.25, 0.3) is 5.91 Å². The van der Waals surface area contributed by atoms with Gasteiger partial charge >= 0.3 is 6.18 Å². The van der Waals surface area contributed by atoms with Gasteiger partial charge in [0.1, 0.15) is 5.69 Å². The second-order valence-electron chi connectivity index (χ2n) is 7.23. The second-order valence-corrected chi connectivity index (χ2v) is 7.64. The van der Waals surface area contributed by atoms with Gasteiger partial charge in [0.15, 0.2) is 5.82 Å². The van der Waals surface area contributed by atoms with E-state index in [0.29, 0.717) is 17.7 Å². The lowest BCUT2D eigenvalue weighted by Gasteiger charge is -2.10. The molecule has 6 nitrogen and oxygen atoms in total. The zero-order valence-corrected chi connectivity index (χ0v) is 18.0. The summed E-state index contributed by atoms with van der Waals surface area (Å²) in [5.74, 6) is 0.0502. The van der Waals surface area contributed by atoms with Crippen molar-refractivity contribution in [3.63, 3.8) is 0 Å². The zero-order chi connectivity index (χ0) is 23.6. The van der Waals surface area contributed by atoms with E-state index in [2.05, 4.69) is 20.4 Å². The number of hydrogen-bond acceptors (Lipinski definition) is 4. The molecule has 168 valence electrons. The molecular weight excluding hydrogens is 455 g/mol. The Kier molecular flexibility index (Phi) is 6.15. The number of aryl methyl sites for hydroxylation is 1. The van der Waals surface area contributed by atoms with Crippen LogP contribution in [0.4, 0.5) is 13.2 Å². The molecule has 0 unspecified atom stereocenters. The third-order valence-corrected chi connectivity index (χ3v) is 5.12.